The molecule has 0 saturated carbocycles. The lowest BCUT2D eigenvalue weighted by molar-refractivity contribution is 0.413. The van der Waals surface area contributed by atoms with Crippen molar-refractivity contribution in [1.82, 2.24) is 4.98 Å². The van der Waals surface area contributed by atoms with Crippen molar-refractivity contribution in [3.05, 3.63) is 17.8 Å². The van der Waals surface area contributed by atoms with Crippen LogP contribution in [0.2, 0.25) is 0 Å². The van der Waals surface area contributed by atoms with Crippen LogP contribution in [0.4, 0.5) is 5.82 Å². The maximum Gasteiger partial charge on any atom is 0.127 e. The number of anilines is 1. The minimum absolute atomic E-state index is 0.377. The van der Waals surface area contributed by atoms with E-state index in [9.17, 15) is 0 Å². The van der Waals surface area contributed by atoms with Crippen molar-refractivity contribution in [2.45, 2.75) is 19.8 Å². The standard InChI is InChI=1S/C9H14N2O/c1-6(2)8-4-7(12-3)5-9(10)11-8/h4-6H,1-3H3,(H2,10,11). The largest absolute Gasteiger partial charge is 0.497 e. The third kappa shape index (κ3) is 1.87. The quantitative estimate of drug-likeness (QED) is 0.728. The van der Waals surface area contributed by atoms with Crippen LogP contribution < -0.4 is 10.5 Å². The monoisotopic (exact) mass is 166 g/mol. The van der Waals surface area contributed by atoms with Crippen molar-refractivity contribution in [2.75, 3.05) is 12.8 Å². The summed E-state index contributed by atoms with van der Waals surface area (Å²) in [6, 6.07) is 3.62. The molecule has 0 fully saturated rings. The van der Waals surface area contributed by atoms with Gasteiger partial charge in [0.2, 0.25) is 0 Å². The molecule has 0 atom stereocenters. The van der Waals surface area contributed by atoms with Gasteiger partial charge in [-0.2, -0.15) is 0 Å². The summed E-state index contributed by atoms with van der Waals surface area (Å²) in [4.78, 5) is 4.18. The molecule has 3 heteroatoms. The molecule has 0 amide bonds. The highest BCUT2D eigenvalue weighted by atomic mass is 16.5. The van der Waals surface area contributed by atoms with E-state index in [4.69, 9.17) is 10.5 Å². The number of aromatic nitrogens is 1. The van der Waals surface area contributed by atoms with Crippen molar-refractivity contribution in [3.8, 4) is 5.75 Å². The lowest BCUT2D eigenvalue weighted by atomic mass is 10.1. The van der Waals surface area contributed by atoms with Crippen LogP contribution in [0.15, 0.2) is 12.1 Å². The predicted octanol–water partition coefficient (Wildman–Crippen LogP) is 1.80. The van der Waals surface area contributed by atoms with Gasteiger partial charge < -0.3 is 10.5 Å². The minimum atomic E-state index is 0.377. The molecule has 0 aliphatic carbocycles. The van der Waals surface area contributed by atoms with Crippen molar-refractivity contribution < 1.29 is 4.74 Å². The van der Waals surface area contributed by atoms with E-state index >= 15 is 0 Å². The van der Waals surface area contributed by atoms with Crippen LogP contribution >= 0.6 is 0 Å². The summed E-state index contributed by atoms with van der Waals surface area (Å²) in [5.74, 6) is 1.66. The Labute approximate surface area is 72.6 Å². The van der Waals surface area contributed by atoms with Crippen molar-refractivity contribution in [3.63, 3.8) is 0 Å². The lowest BCUT2D eigenvalue weighted by Gasteiger charge is -2.07. The molecule has 2 N–H and O–H groups in total. The highest BCUT2D eigenvalue weighted by molar-refractivity contribution is 5.39. The maximum atomic E-state index is 5.58. The zero-order valence-electron chi connectivity index (χ0n) is 7.66. The second kappa shape index (κ2) is 3.43. The summed E-state index contributed by atoms with van der Waals surface area (Å²) in [6.07, 6.45) is 0. The molecule has 1 rings (SSSR count). The van der Waals surface area contributed by atoms with E-state index in [1.54, 1.807) is 13.2 Å². The average Bonchev–Trinajstić information content (AvgIpc) is 2.03. The Morgan fingerprint density at radius 2 is 2.08 bits per heavy atom. The first kappa shape index (κ1) is 8.84. The molecular formula is C9H14N2O. The molecule has 0 aromatic carbocycles. The summed E-state index contributed by atoms with van der Waals surface area (Å²) >= 11 is 0. The first-order chi connectivity index (χ1) is 5.63. The maximum absolute atomic E-state index is 5.58. The van der Waals surface area contributed by atoms with E-state index in [0.717, 1.165) is 11.4 Å². The molecule has 1 aromatic heterocycles. The van der Waals surface area contributed by atoms with Crippen LogP contribution in [0, 0.1) is 0 Å². The predicted molar refractivity (Wildman–Crippen MR) is 49.3 cm³/mol. The van der Waals surface area contributed by atoms with E-state index in [-0.39, 0.29) is 0 Å². The number of hydrogen-bond acceptors (Lipinski definition) is 3. The van der Waals surface area contributed by atoms with Crippen LogP contribution in [0.1, 0.15) is 25.5 Å². The molecule has 0 radical (unpaired) electrons. The summed E-state index contributed by atoms with van der Waals surface area (Å²) < 4.78 is 5.07. The summed E-state index contributed by atoms with van der Waals surface area (Å²) in [7, 11) is 1.62. The molecule has 0 bridgehead atoms. The van der Waals surface area contributed by atoms with E-state index in [1.165, 1.54) is 0 Å². The average molecular weight is 166 g/mol. The Morgan fingerprint density at radius 3 is 2.58 bits per heavy atom. The summed E-state index contributed by atoms with van der Waals surface area (Å²) in [6.45, 7) is 4.14. The van der Waals surface area contributed by atoms with Crippen LogP contribution in [0.25, 0.3) is 0 Å². The Bertz CT molecular complexity index is 271. The van der Waals surface area contributed by atoms with Crippen molar-refractivity contribution in [1.29, 1.82) is 0 Å². The number of methoxy groups -OCH3 is 1. The number of nitrogens with zero attached hydrogens (tertiary/aromatic N) is 1. The second-order valence-corrected chi connectivity index (χ2v) is 3.01. The number of ether oxygens (including phenoxy) is 1. The lowest BCUT2D eigenvalue weighted by Crippen LogP contribution is -1.98. The van der Waals surface area contributed by atoms with Gasteiger partial charge in [-0.3, -0.25) is 0 Å². The topological polar surface area (TPSA) is 48.1 Å². The van der Waals surface area contributed by atoms with Crippen LogP contribution in [0.5, 0.6) is 5.75 Å². The van der Waals surface area contributed by atoms with Gasteiger partial charge in [0.25, 0.3) is 0 Å². The number of hydrogen-bond donors (Lipinski definition) is 1. The van der Waals surface area contributed by atoms with Gasteiger partial charge in [-0.05, 0) is 5.92 Å². The third-order valence-corrected chi connectivity index (χ3v) is 1.67. The Balaban J connectivity index is 3.06. The molecule has 0 aliphatic rings. The van der Waals surface area contributed by atoms with E-state index in [0.29, 0.717) is 11.7 Å². The molecule has 1 aromatic rings. The highest BCUT2D eigenvalue weighted by Gasteiger charge is 2.03. The number of pyridine rings is 1. The smallest absolute Gasteiger partial charge is 0.127 e. The second-order valence-electron chi connectivity index (χ2n) is 3.01. The van der Waals surface area contributed by atoms with Crippen molar-refractivity contribution in [2.24, 2.45) is 0 Å². The Morgan fingerprint density at radius 1 is 1.42 bits per heavy atom. The van der Waals surface area contributed by atoms with Gasteiger partial charge in [0.1, 0.15) is 11.6 Å². The van der Waals surface area contributed by atoms with Crippen LogP contribution in [-0.2, 0) is 0 Å². The number of rotatable bonds is 2. The van der Waals surface area contributed by atoms with Crippen molar-refractivity contribution >= 4 is 5.82 Å². The summed E-state index contributed by atoms with van der Waals surface area (Å²) in [5, 5.41) is 0. The number of nitrogen functional groups attached to an aromatic ring is 1. The first-order valence-corrected chi connectivity index (χ1v) is 3.95. The molecule has 0 unspecified atom stereocenters. The summed E-state index contributed by atoms with van der Waals surface area (Å²) in [5.41, 5.74) is 6.55. The van der Waals surface area contributed by atoms with Crippen LogP contribution in [-0.4, -0.2) is 12.1 Å². The molecule has 0 saturated heterocycles. The minimum Gasteiger partial charge on any atom is -0.497 e. The fraction of sp³-hybridized carbons (Fsp3) is 0.444. The Hall–Kier alpha value is -1.25. The van der Waals surface area contributed by atoms with E-state index < -0.39 is 0 Å². The molecule has 3 nitrogen and oxygen atoms in total. The van der Waals surface area contributed by atoms with Gasteiger partial charge in [-0.1, -0.05) is 13.8 Å². The van der Waals surface area contributed by atoms with Gasteiger partial charge in [0.15, 0.2) is 0 Å². The van der Waals surface area contributed by atoms with Gasteiger partial charge in [0, 0.05) is 17.8 Å². The highest BCUT2D eigenvalue weighted by Crippen LogP contribution is 2.20. The van der Waals surface area contributed by atoms with Gasteiger partial charge >= 0.3 is 0 Å². The fourth-order valence-electron chi connectivity index (χ4n) is 0.960. The number of nitrogens with two attached hydrogens (primary N) is 1. The van der Waals surface area contributed by atoms with Crippen LogP contribution in [0.3, 0.4) is 0 Å². The van der Waals surface area contributed by atoms with E-state index in [2.05, 4.69) is 18.8 Å². The molecule has 12 heavy (non-hydrogen) atoms. The van der Waals surface area contributed by atoms with E-state index in [1.807, 2.05) is 6.07 Å². The van der Waals surface area contributed by atoms with Gasteiger partial charge in [-0.15, -0.1) is 0 Å². The fourth-order valence-corrected chi connectivity index (χ4v) is 0.960. The molecular weight excluding hydrogens is 152 g/mol. The normalized spacial score (nSPS) is 10.3. The Kier molecular flexibility index (Phi) is 2.53. The molecule has 0 spiro atoms. The first-order valence-electron chi connectivity index (χ1n) is 3.95. The third-order valence-electron chi connectivity index (χ3n) is 1.67. The molecule has 66 valence electrons. The van der Waals surface area contributed by atoms with Gasteiger partial charge in [-0.25, -0.2) is 4.98 Å². The zero-order chi connectivity index (χ0) is 9.14. The SMILES string of the molecule is COc1cc(N)nc(C(C)C)c1. The van der Waals surface area contributed by atoms with Gasteiger partial charge in [0.05, 0.1) is 7.11 Å². The molecule has 1 heterocycles. The molecule has 0 aliphatic heterocycles. The zero-order valence-corrected chi connectivity index (χ0v) is 7.66.